The number of carbonyl (C=O) groups is 1. The van der Waals surface area contributed by atoms with Crippen molar-refractivity contribution in [1.82, 2.24) is 10.3 Å². The van der Waals surface area contributed by atoms with E-state index in [1.165, 1.54) is 0 Å². The number of aromatic nitrogens is 1. The molecule has 4 nitrogen and oxygen atoms in total. The lowest BCUT2D eigenvalue weighted by Crippen LogP contribution is -2.26. The fraction of sp³-hybridized carbons (Fsp3) is 0.176. The monoisotopic (exact) mass is 280 g/mol. The number of pyridine rings is 1. The standard InChI is InChI=1S/C17H16N2O2/c1-11-7-8-14(10-18-11)17(20)19-12(2)16-9-13-5-3-4-6-15(13)21-16/h3-10,12H,1-2H3,(H,19,20)/t12-/m1/s1. The fourth-order valence-corrected chi connectivity index (χ4v) is 2.17. The lowest BCUT2D eigenvalue weighted by atomic mass is 10.2. The fourth-order valence-electron chi connectivity index (χ4n) is 2.17. The maximum absolute atomic E-state index is 12.2. The van der Waals surface area contributed by atoms with Crippen LogP contribution >= 0.6 is 0 Å². The Bertz CT molecular complexity index is 742. The van der Waals surface area contributed by atoms with E-state index >= 15 is 0 Å². The van der Waals surface area contributed by atoms with E-state index in [0.29, 0.717) is 5.56 Å². The van der Waals surface area contributed by atoms with Crippen LogP contribution < -0.4 is 5.32 Å². The third-order valence-corrected chi connectivity index (χ3v) is 3.39. The van der Waals surface area contributed by atoms with Crippen LogP contribution in [0.5, 0.6) is 0 Å². The van der Waals surface area contributed by atoms with Crippen molar-refractivity contribution in [2.24, 2.45) is 0 Å². The van der Waals surface area contributed by atoms with Crippen LogP contribution in [0.25, 0.3) is 11.0 Å². The molecule has 0 saturated heterocycles. The van der Waals surface area contributed by atoms with Crippen molar-refractivity contribution < 1.29 is 9.21 Å². The van der Waals surface area contributed by atoms with Gasteiger partial charge in [-0.1, -0.05) is 18.2 Å². The zero-order valence-electron chi connectivity index (χ0n) is 12.0. The number of nitrogens with one attached hydrogen (secondary N) is 1. The van der Waals surface area contributed by atoms with Crippen LogP contribution in [0.1, 0.15) is 34.8 Å². The second kappa shape index (κ2) is 5.40. The molecular formula is C17H16N2O2. The lowest BCUT2D eigenvalue weighted by Gasteiger charge is -2.11. The first-order valence-corrected chi connectivity index (χ1v) is 6.85. The molecule has 1 N–H and O–H groups in total. The van der Waals surface area contributed by atoms with E-state index in [4.69, 9.17) is 4.42 Å². The molecule has 1 amide bonds. The van der Waals surface area contributed by atoms with Crippen molar-refractivity contribution in [2.75, 3.05) is 0 Å². The topological polar surface area (TPSA) is 55.1 Å². The Morgan fingerprint density at radius 2 is 2.05 bits per heavy atom. The SMILES string of the molecule is Cc1ccc(C(=O)N[C@H](C)c2cc3ccccc3o2)cn1. The molecule has 4 heteroatoms. The Labute approximate surface area is 122 Å². The summed E-state index contributed by atoms with van der Waals surface area (Å²) in [5.41, 5.74) is 2.26. The summed E-state index contributed by atoms with van der Waals surface area (Å²) in [6, 6.07) is 13.1. The van der Waals surface area contributed by atoms with E-state index in [9.17, 15) is 4.79 Å². The molecule has 2 aromatic heterocycles. The third-order valence-electron chi connectivity index (χ3n) is 3.39. The zero-order valence-corrected chi connectivity index (χ0v) is 12.0. The van der Waals surface area contributed by atoms with Gasteiger partial charge in [0.15, 0.2) is 0 Å². The summed E-state index contributed by atoms with van der Waals surface area (Å²) < 4.78 is 5.76. The van der Waals surface area contributed by atoms with Gasteiger partial charge in [0.1, 0.15) is 11.3 Å². The molecular weight excluding hydrogens is 264 g/mol. The van der Waals surface area contributed by atoms with Gasteiger partial charge in [0.25, 0.3) is 5.91 Å². The van der Waals surface area contributed by atoms with Gasteiger partial charge in [-0.05, 0) is 38.1 Å². The molecule has 0 aliphatic rings. The first-order valence-electron chi connectivity index (χ1n) is 6.85. The maximum atomic E-state index is 12.2. The third kappa shape index (κ3) is 2.79. The second-order valence-corrected chi connectivity index (χ2v) is 5.07. The van der Waals surface area contributed by atoms with Gasteiger partial charge in [-0.3, -0.25) is 9.78 Å². The number of amides is 1. The summed E-state index contributed by atoms with van der Waals surface area (Å²) in [4.78, 5) is 16.3. The molecule has 0 aliphatic carbocycles. The molecule has 21 heavy (non-hydrogen) atoms. The van der Waals surface area contributed by atoms with Gasteiger partial charge in [-0.2, -0.15) is 0 Å². The second-order valence-electron chi connectivity index (χ2n) is 5.07. The molecule has 0 radical (unpaired) electrons. The number of aryl methyl sites for hydroxylation is 1. The van der Waals surface area contributed by atoms with Crippen LogP contribution in [0.15, 0.2) is 53.1 Å². The molecule has 0 bridgehead atoms. The molecule has 0 aliphatic heterocycles. The van der Waals surface area contributed by atoms with Gasteiger partial charge >= 0.3 is 0 Å². The molecule has 0 unspecified atom stereocenters. The predicted molar refractivity (Wildman–Crippen MR) is 81.1 cm³/mol. The molecule has 3 rings (SSSR count). The molecule has 0 fully saturated rings. The number of hydrogen-bond acceptors (Lipinski definition) is 3. The molecule has 1 aromatic carbocycles. The normalized spacial score (nSPS) is 12.3. The van der Waals surface area contributed by atoms with E-state index in [1.807, 2.05) is 50.2 Å². The van der Waals surface area contributed by atoms with Crippen molar-refractivity contribution in [2.45, 2.75) is 19.9 Å². The molecule has 1 atom stereocenters. The minimum Gasteiger partial charge on any atom is -0.459 e. The van der Waals surface area contributed by atoms with E-state index < -0.39 is 0 Å². The molecule has 0 spiro atoms. The molecule has 106 valence electrons. The van der Waals surface area contributed by atoms with Gasteiger partial charge in [0.2, 0.25) is 0 Å². The number of nitrogens with zero attached hydrogens (tertiary/aromatic N) is 1. The summed E-state index contributed by atoms with van der Waals surface area (Å²) in [6.07, 6.45) is 1.58. The number of fused-ring (bicyclic) bond motifs is 1. The number of rotatable bonds is 3. The van der Waals surface area contributed by atoms with Gasteiger partial charge in [-0.25, -0.2) is 0 Å². The lowest BCUT2D eigenvalue weighted by molar-refractivity contribution is 0.0935. The molecule has 2 heterocycles. The average molecular weight is 280 g/mol. The quantitative estimate of drug-likeness (QED) is 0.797. The summed E-state index contributed by atoms with van der Waals surface area (Å²) in [5, 5.41) is 3.95. The average Bonchev–Trinajstić information content (AvgIpc) is 2.92. The zero-order chi connectivity index (χ0) is 14.8. The van der Waals surface area contributed by atoms with Crippen molar-refractivity contribution in [3.63, 3.8) is 0 Å². The minimum absolute atomic E-state index is 0.157. The summed E-state index contributed by atoms with van der Waals surface area (Å²) >= 11 is 0. The minimum atomic E-state index is -0.203. The van der Waals surface area contributed by atoms with E-state index in [0.717, 1.165) is 22.4 Å². The predicted octanol–water partition coefficient (Wildman–Crippen LogP) is 3.63. The number of benzene rings is 1. The van der Waals surface area contributed by atoms with Crippen molar-refractivity contribution in [3.05, 3.63) is 65.7 Å². The van der Waals surface area contributed by atoms with Crippen LogP contribution in [0.2, 0.25) is 0 Å². The van der Waals surface area contributed by atoms with Crippen molar-refractivity contribution in [3.8, 4) is 0 Å². The Morgan fingerprint density at radius 3 is 2.76 bits per heavy atom. The first-order chi connectivity index (χ1) is 10.1. The van der Waals surface area contributed by atoms with Gasteiger partial charge in [0.05, 0.1) is 11.6 Å². The van der Waals surface area contributed by atoms with Crippen LogP contribution in [0.4, 0.5) is 0 Å². The molecule has 0 saturated carbocycles. The highest BCUT2D eigenvalue weighted by molar-refractivity contribution is 5.94. The van der Waals surface area contributed by atoms with Crippen molar-refractivity contribution >= 4 is 16.9 Å². The van der Waals surface area contributed by atoms with Gasteiger partial charge < -0.3 is 9.73 Å². The van der Waals surface area contributed by atoms with Crippen LogP contribution in [-0.2, 0) is 0 Å². The highest BCUT2D eigenvalue weighted by Crippen LogP contribution is 2.23. The maximum Gasteiger partial charge on any atom is 0.253 e. The smallest absolute Gasteiger partial charge is 0.253 e. The Morgan fingerprint density at radius 1 is 1.24 bits per heavy atom. The summed E-state index contributed by atoms with van der Waals surface area (Å²) in [7, 11) is 0. The Balaban J connectivity index is 1.77. The first kappa shape index (κ1) is 13.4. The summed E-state index contributed by atoms with van der Waals surface area (Å²) in [6.45, 7) is 3.79. The van der Waals surface area contributed by atoms with Crippen LogP contribution in [-0.4, -0.2) is 10.9 Å². The number of carbonyl (C=O) groups excluding carboxylic acids is 1. The van der Waals surface area contributed by atoms with Crippen LogP contribution in [0.3, 0.4) is 0 Å². The van der Waals surface area contributed by atoms with E-state index in [-0.39, 0.29) is 11.9 Å². The van der Waals surface area contributed by atoms with Gasteiger partial charge in [0, 0.05) is 17.3 Å². The Kier molecular flexibility index (Phi) is 3.44. The van der Waals surface area contributed by atoms with Crippen LogP contribution in [0, 0.1) is 6.92 Å². The van der Waals surface area contributed by atoms with E-state index in [1.54, 1.807) is 12.3 Å². The largest absolute Gasteiger partial charge is 0.459 e. The number of furan rings is 1. The Hall–Kier alpha value is -2.62. The number of hydrogen-bond donors (Lipinski definition) is 1. The number of para-hydroxylation sites is 1. The van der Waals surface area contributed by atoms with Gasteiger partial charge in [-0.15, -0.1) is 0 Å². The summed E-state index contributed by atoms with van der Waals surface area (Å²) in [5.74, 6) is 0.583. The highest BCUT2D eigenvalue weighted by atomic mass is 16.3. The molecule has 3 aromatic rings. The van der Waals surface area contributed by atoms with E-state index in [2.05, 4.69) is 10.3 Å². The highest BCUT2D eigenvalue weighted by Gasteiger charge is 2.15. The van der Waals surface area contributed by atoms with Crippen molar-refractivity contribution in [1.29, 1.82) is 0 Å².